The quantitative estimate of drug-likeness (QED) is 0.638. The van der Waals surface area contributed by atoms with Crippen LogP contribution in [-0.2, 0) is 6.61 Å². The number of aromatic nitrogens is 2. The van der Waals surface area contributed by atoms with Crippen molar-refractivity contribution in [2.24, 2.45) is 0 Å². The lowest BCUT2D eigenvalue weighted by atomic mass is 10.3. The number of furan rings is 1. The van der Waals surface area contributed by atoms with Crippen LogP contribution in [0, 0.1) is 17.0 Å². The van der Waals surface area contributed by atoms with Crippen LogP contribution in [-0.4, -0.2) is 21.4 Å². The third kappa shape index (κ3) is 3.02. The normalized spacial score (nSPS) is 10.3. The maximum atomic E-state index is 11.1. The molecule has 0 radical (unpaired) electrons. The van der Waals surface area contributed by atoms with Gasteiger partial charge >= 0.3 is 5.69 Å². The van der Waals surface area contributed by atoms with Crippen LogP contribution in [0.3, 0.4) is 0 Å². The molecule has 8 heteroatoms. The van der Waals surface area contributed by atoms with E-state index in [2.05, 4.69) is 15.3 Å². The maximum Gasteiger partial charge on any atom is 0.352 e. The fraction of sp³-hybridized carbons (Fsp3) is 0.333. The second-order valence-corrected chi connectivity index (χ2v) is 3.94. The summed E-state index contributed by atoms with van der Waals surface area (Å²) in [4.78, 5) is 18.6. The summed E-state index contributed by atoms with van der Waals surface area (Å²) in [5.41, 5.74) is 0.00797. The number of hydrogen-bond acceptors (Lipinski definition) is 7. The molecule has 0 aliphatic heterocycles. The van der Waals surface area contributed by atoms with Crippen LogP contribution in [0.1, 0.15) is 18.4 Å². The summed E-state index contributed by atoms with van der Waals surface area (Å²) in [6.45, 7) is 4.09. The van der Waals surface area contributed by atoms with Crippen molar-refractivity contribution >= 4 is 11.6 Å². The summed E-state index contributed by atoms with van der Waals surface area (Å²) in [7, 11) is 0. The topological polar surface area (TPSA) is 103 Å². The van der Waals surface area contributed by atoms with Gasteiger partial charge in [-0.2, -0.15) is 4.98 Å². The molecule has 2 rings (SSSR count). The van der Waals surface area contributed by atoms with E-state index in [-0.39, 0.29) is 23.9 Å². The van der Waals surface area contributed by atoms with E-state index in [1.807, 2.05) is 6.92 Å². The van der Waals surface area contributed by atoms with Crippen molar-refractivity contribution in [3.63, 3.8) is 0 Å². The van der Waals surface area contributed by atoms with Crippen LogP contribution in [0.2, 0.25) is 0 Å². The molecule has 0 fully saturated rings. The zero-order chi connectivity index (χ0) is 14.5. The van der Waals surface area contributed by atoms with E-state index in [1.165, 1.54) is 6.26 Å². The third-order valence-corrected chi connectivity index (χ3v) is 2.48. The van der Waals surface area contributed by atoms with Gasteiger partial charge in [0.1, 0.15) is 18.1 Å². The monoisotopic (exact) mass is 278 g/mol. The Balaban J connectivity index is 2.29. The van der Waals surface area contributed by atoms with Gasteiger partial charge in [-0.05, 0) is 26.0 Å². The molecule has 20 heavy (non-hydrogen) atoms. The van der Waals surface area contributed by atoms with Gasteiger partial charge in [0.15, 0.2) is 0 Å². The summed E-state index contributed by atoms with van der Waals surface area (Å²) in [5, 5.41) is 14.0. The first-order chi connectivity index (χ1) is 9.61. The number of nitro groups is 1. The van der Waals surface area contributed by atoms with Crippen LogP contribution < -0.4 is 10.1 Å². The molecule has 8 nitrogen and oxygen atoms in total. The smallest absolute Gasteiger partial charge is 0.352 e. The standard InChI is InChI=1S/C12H14N4O4/c1-3-13-12-14-8(2)10(16(17)18)11(15-12)20-7-9-5-4-6-19-9/h4-6H,3,7H2,1-2H3,(H,13,14,15). The van der Waals surface area contributed by atoms with E-state index in [0.29, 0.717) is 18.3 Å². The second kappa shape index (κ2) is 6.00. The SMILES string of the molecule is CCNc1nc(C)c([N+](=O)[O-])c(OCc2ccco2)n1. The Morgan fingerprint density at radius 2 is 2.30 bits per heavy atom. The lowest BCUT2D eigenvalue weighted by molar-refractivity contribution is -0.387. The van der Waals surface area contributed by atoms with Crippen LogP contribution in [0.15, 0.2) is 22.8 Å². The number of anilines is 1. The molecule has 0 amide bonds. The van der Waals surface area contributed by atoms with Gasteiger partial charge in [0, 0.05) is 6.54 Å². The molecule has 0 aliphatic carbocycles. The minimum absolute atomic E-state index is 0.0653. The molecule has 106 valence electrons. The number of rotatable bonds is 6. The Hall–Kier alpha value is -2.64. The number of nitrogens with one attached hydrogen (secondary N) is 1. The molecule has 2 heterocycles. The Labute approximate surface area is 114 Å². The molecule has 2 aromatic heterocycles. The van der Waals surface area contributed by atoms with Crippen molar-refractivity contribution in [3.8, 4) is 5.88 Å². The second-order valence-electron chi connectivity index (χ2n) is 3.94. The van der Waals surface area contributed by atoms with Gasteiger partial charge in [0.05, 0.1) is 11.2 Å². The lowest BCUT2D eigenvalue weighted by Gasteiger charge is -2.08. The molecule has 1 N–H and O–H groups in total. The van der Waals surface area contributed by atoms with Gasteiger partial charge in [-0.15, -0.1) is 0 Å². The van der Waals surface area contributed by atoms with Crippen molar-refractivity contribution in [1.29, 1.82) is 0 Å². The fourth-order valence-corrected chi connectivity index (χ4v) is 1.62. The van der Waals surface area contributed by atoms with E-state index in [0.717, 1.165) is 0 Å². The zero-order valence-electron chi connectivity index (χ0n) is 11.1. The summed E-state index contributed by atoms with van der Waals surface area (Å²) in [5.74, 6) is 0.778. The highest BCUT2D eigenvalue weighted by Crippen LogP contribution is 2.29. The first-order valence-electron chi connectivity index (χ1n) is 6.04. The summed E-state index contributed by atoms with van der Waals surface area (Å²) >= 11 is 0. The van der Waals surface area contributed by atoms with Crippen LogP contribution >= 0.6 is 0 Å². The van der Waals surface area contributed by atoms with Crippen molar-refractivity contribution in [2.45, 2.75) is 20.5 Å². The Morgan fingerprint density at radius 1 is 1.50 bits per heavy atom. The highest BCUT2D eigenvalue weighted by Gasteiger charge is 2.23. The molecule has 0 saturated heterocycles. The van der Waals surface area contributed by atoms with Crippen molar-refractivity contribution < 1.29 is 14.1 Å². The van der Waals surface area contributed by atoms with E-state index in [9.17, 15) is 10.1 Å². The highest BCUT2D eigenvalue weighted by molar-refractivity contribution is 5.48. The molecule has 0 aliphatic rings. The van der Waals surface area contributed by atoms with Crippen LogP contribution in [0.4, 0.5) is 11.6 Å². The fourth-order valence-electron chi connectivity index (χ4n) is 1.62. The first kappa shape index (κ1) is 13.8. The van der Waals surface area contributed by atoms with Gasteiger partial charge < -0.3 is 14.5 Å². The average molecular weight is 278 g/mol. The van der Waals surface area contributed by atoms with E-state index < -0.39 is 4.92 Å². The predicted molar refractivity (Wildman–Crippen MR) is 70.6 cm³/mol. The minimum atomic E-state index is -0.553. The van der Waals surface area contributed by atoms with Crippen molar-refractivity contribution in [2.75, 3.05) is 11.9 Å². The lowest BCUT2D eigenvalue weighted by Crippen LogP contribution is -2.09. The van der Waals surface area contributed by atoms with Gasteiger partial charge in [-0.25, -0.2) is 4.98 Å². The summed E-state index contributed by atoms with van der Waals surface area (Å²) < 4.78 is 10.5. The zero-order valence-corrected chi connectivity index (χ0v) is 11.1. The largest absolute Gasteiger partial charge is 0.466 e. The van der Waals surface area contributed by atoms with Gasteiger partial charge in [0.25, 0.3) is 5.88 Å². The predicted octanol–water partition coefficient (Wildman–Crippen LogP) is 2.30. The average Bonchev–Trinajstić information content (AvgIpc) is 2.88. The number of ether oxygens (including phenoxy) is 1. The van der Waals surface area contributed by atoms with Crippen LogP contribution in [0.25, 0.3) is 0 Å². The number of hydrogen-bond donors (Lipinski definition) is 1. The Bertz CT molecular complexity index is 598. The minimum Gasteiger partial charge on any atom is -0.466 e. The molecule has 0 bridgehead atoms. The molecule has 0 aromatic carbocycles. The third-order valence-electron chi connectivity index (χ3n) is 2.48. The Morgan fingerprint density at radius 3 is 2.90 bits per heavy atom. The van der Waals surface area contributed by atoms with E-state index in [1.54, 1.807) is 19.1 Å². The van der Waals surface area contributed by atoms with Gasteiger partial charge in [-0.3, -0.25) is 10.1 Å². The summed E-state index contributed by atoms with van der Waals surface area (Å²) in [6, 6.07) is 3.42. The van der Waals surface area contributed by atoms with Gasteiger partial charge in [-0.1, -0.05) is 0 Å². The molecule has 0 unspecified atom stereocenters. The van der Waals surface area contributed by atoms with Crippen LogP contribution in [0.5, 0.6) is 5.88 Å². The number of aryl methyl sites for hydroxylation is 1. The van der Waals surface area contributed by atoms with Crippen molar-refractivity contribution in [1.82, 2.24) is 9.97 Å². The molecule has 0 atom stereocenters. The molecule has 2 aromatic rings. The Kier molecular flexibility index (Phi) is 4.14. The number of nitrogens with zero attached hydrogens (tertiary/aromatic N) is 3. The molecule has 0 saturated carbocycles. The molecular formula is C12H14N4O4. The maximum absolute atomic E-state index is 11.1. The molecule has 0 spiro atoms. The highest BCUT2D eigenvalue weighted by atomic mass is 16.6. The molecular weight excluding hydrogens is 264 g/mol. The van der Waals surface area contributed by atoms with E-state index >= 15 is 0 Å². The van der Waals surface area contributed by atoms with Gasteiger partial charge in [0.2, 0.25) is 5.95 Å². The van der Waals surface area contributed by atoms with E-state index in [4.69, 9.17) is 9.15 Å². The first-order valence-corrected chi connectivity index (χ1v) is 6.04. The van der Waals surface area contributed by atoms with Crippen molar-refractivity contribution in [3.05, 3.63) is 40.0 Å². The summed E-state index contributed by atoms with van der Waals surface area (Å²) in [6.07, 6.45) is 1.50.